The molecule has 1 aliphatic rings. The lowest BCUT2D eigenvalue weighted by atomic mass is 9.96. The van der Waals surface area contributed by atoms with Crippen LogP contribution < -0.4 is 0 Å². The van der Waals surface area contributed by atoms with E-state index in [1.54, 1.807) is 0 Å². The van der Waals surface area contributed by atoms with Gasteiger partial charge in [-0.15, -0.1) is 0 Å². The predicted molar refractivity (Wildman–Crippen MR) is 50.8 cm³/mol. The van der Waals surface area contributed by atoms with Gasteiger partial charge in [-0.05, 0) is 18.3 Å². The second-order valence-electron chi connectivity index (χ2n) is 4.28. The summed E-state index contributed by atoms with van der Waals surface area (Å²) in [5.41, 5.74) is 0. The van der Waals surface area contributed by atoms with Crippen LogP contribution in [-0.4, -0.2) is 35.7 Å². The number of piperidine rings is 1. The maximum Gasteiger partial charge on any atom is 0.0590 e. The van der Waals surface area contributed by atoms with Gasteiger partial charge in [0.1, 0.15) is 0 Å². The predicted octanol–water partition coefficient (Wildman–Crippen LogP) is 1.30. The van der Waals surface area contributed by atoms with Gasteiger partial charge in [-0.3, -0.25) is 0 Å². The van der Waals surface area contributed by atoms with Crippen molar-refractivity contribution in [2.24, 2.45) is 5.92 Å². The summed E-state index contributed by atoms with van der Waals surface area (Å²) >= 11 is 0. The highest BCUT2D eigenvalue weighted by Crippen LogP contribution is 2.17. The van der Waals surface area contributed by atoms with Gasteiger partial charge in [0.25, 0.3) is 0 Å². The Kier molecular flexibility index (Phi) is 3.53. The van der Waals surface area contributed by atoms with Crippen LogP contribution in [0.4, 0.5) is 0 Å². The van der Waals surface area contributed by atoms with E-state index in [2.05, 4.69) is 25.7 Å². The summed E-state index contributed by atoms with van der Waals surface area (Å²) in [6.45, 7) is 9.65. The van der Waals surface area contributed by atoms with Gasteiger partial charge in [-0.2, -0.15) is 0 Å². The molecule has 12 heavy (non-hydrogen) atoms. The van der Waals surface area contributed by atoms with E-state index in [1.807, 2.05) is 0 Å². The number of rotatable bonds is 2. The van der Waals surface area contributed by atoms with Crippen LogP contribution in [0.5, 0.6) is 0 Å². The Morgan fingerprint density at radius 1 is 1.50 bits per heavy atom. The highest BCUT2D eigenvalue weighted by molar-refractivity contribution is 4.86. The molecule has 1 fully saturated rings. The molecule has 0 bridgehead atoms. The average Bonchev–Trinajstić information content (AvgIpc) is 1.96. The minimum Gasteiger partial charge on any atom is -0.393 e. The van der Waals surface area contributed by atoms with Crippen LogP contribution in [0.1, 0.15) is 27.2 Å². The molecule has 71 valence electrons. The summed E-state index contributed by atoms with van der Waals surface area (Å²) in [6, 6.07) is 0. The van der Waals surface area contributed by atoms with Crippen molar-refractivity contribution in [2.45, 2.75) is 33.3 Å². The zero-order chi connectivity index (χ0) is 9.14. The molecular formula is C10H20NO. The summed E-state index contributed by atoms with van der Waals surface area (Å²) in [5, 5.41) is 9.50. The largest absolute Gasteiger partial charge is 0.393 e. The summed E-state index contributed by atoms with van der Waals surface area (Å²) in [7, 11) is 0. The zero-order valence-electron chi connectivity index (χ0n) is 8.38. The van der Waals surface area contributed by atoms with Crippen molar-refractivity contribution in [3.05, 3.63) is 5.92 Å². The van der Waals surface area contributed by atoms with Crippen molar-refractivity contribution in [1.82, 2.24) is 4.90 Å². The molecule has 2 nitrogen and oxygen atoms in total. The van der Waals surface area contributed by atoms with E-state index in [0.29, 0.717) is 5.92 Å². The minimum absolute atomic E-state index is 0.0709. The Bertz CT molecular complexity index is 136. The number of hydrogen-bond donors (Lipinski definition) is 1. The third-order valence-corrected chi connectivity index (χ3v) is 2.48. The molecule has 2 heteroatoms. The van der Waals surface area contributed by atoms with E-state index in [1.165, 1.54) is 5.92 Å². The Morgan fingerprint density at radius 3 is 2.67 bits per heavy atom. The third kappa shape index (κ3) is 2.76. The summed E-state index contributed by atoms with van der Waals surface area (Å²) in [4.78, 5) is 2.42. The van der Waals surface area contributed by atoms with Crippen molar-refractivity contribution in [3.8, 4) is 0 Å². The van der Waals surface area contributed by atoms with Crippen LogP contribution in [0.15, 0.2) is 0 Å². The fourth-order valence-electron chi connectivity index (χ4n) is 1.81. The molecular weight excluding hydrogens is 150 g/mol. The summed E-state index contributed by atoms with van der Waals surface area (Å²) in [6.07, 6.45) is 0.868. The van der Waals surface area contributed by atoms with E-state index < -0.39 is 0 Å². The van der Waals surface area contributed by atoms with Crippen molar-refractivity contribution in [2.75, 3.05) is 19.6 Å². The summed E-state index contributed by atoms with van der Waals surface area (Å²) in [5.74, 6) is 1.90. The van der Waals surface area contributed by atoms with Crippen LogP contribution in [0, 0.1) is 11.8 Å². The monoisotopic (exact) mass is 170 g/mol. The molecule has 0 aromatic heterocycles. The van der Waals surface area contributed by atoms with Crippen LogP contribution in [0.2, 0.25) is 0 Å². The molecule has 1 radical (unpaired) electrons. The van der Waals surface area contributed by atoms with Gasteiger partial charge in [-0.1, -0.05) is 20.8 Å². The lowest BCUT2D eigenvalue weighted by molar-refractivity contribution is 0.0369. The lowest BCUT2D eigenvalue weighted by Gasteiger charge is -2.35. The number of aliphatic hydroxyl groups is 1. The van der Waals surface area contributed by atoms with Crippen LogP contribution in [0.3, 0.4) is 0 Å². The standard InChI is InChI=1S/C10H20NO/c1-8(2)6-11-5-4-10(12)9(3)7-11/h9-10,12H,4-7H2,1-3H3. The maximum absolute atomic E-state index is 9.50. The fraction of sp³-hybridized carbons (Fsp3) is 0.900. The topological polar surface area (TPSA) is 23.5 Å². The maximum atomic E-state index is 9.50. The number of aliphatic hydroxyl groups excluding tert-OH is 1. The first kappa shape index (κ1) is 10.0. The first-order chi connectivity index (χ1) is 5.59. The number of hydrogen-bond acceptors (Lipinski definition) is 2. The fourth-order valence-corrected chi connectivity index (χ4v) is 1.81. The van der Waals surface area contributed by atoms with E-state index >= 15 is 0 Å². The molecule has 0 aromatic rings. The average molecular weight is 170 g/mol. The van der Waals surface area contributed by atoms with Crippen molar-refractivity contribution < 1.29 is 5.11 Å². The molecule has 0 amide bonds. The van der Waals surface area contributed by atoms with Gasteiger partial charge in [0, 0.05) is 19.6 Å². The van der Waals surface area contributed by atoms with Gasteiger partial charge in [0.05, 0.1) is 6.10 Å². The van der Waals surface area contributed by atoms with Crippen molar-refractivity contribution in [1.29, 1.82) is 0 Å². The number of nitrogens with zero attached hydrogens (tertiary/aromatic N) is 1. The Hall–Kier alpha value is -0.0800. The normalized spacial score (nSPS) is 32.8. The molecule has 1 aliphatic heterocycles. The molecule has 1 saturated heterocycles. The first-order valence-electron chi connectivity index (χ1n) is 4.79. The molecule has 1 rings (SSSR count). The molecule has 1 heterocycles. The zero-order valence-corrected chi connectivity index (χ0v) is 8.38. The van der Waals surface area contributed by atoms with E-state index in [0.717, 1.165) is 26.1 Å². The molecule has 0 aliphatic carbocycles. The van der Waals surface area contributed by atoms with Gasteiger partial charge in [0.15, 0.2) is 0 Å². The Labute approximate surface area is 75.6 Å². The van der Waals surface area contributed by atoms with Crippen LogP contribution >= 0.6 is 0 Å². The Morgan fingerprint density at radius 2 is 2.17 bits per heavy atom. The first-order valence-corrected chi connectivity index (χ1v) is 4.79. The smallest absolute Gasteiger partial charge is 0.0590 e. The van der Waals surface area contributed by atoms with Crippen molar-refractivity contribution in [3.63, 3.8) is 0 Å². The van der Waals surface area contributed by atoms with Crippen LogP contribution in [0.25, 0.3) is 0 Å². The van der Waals surface area contributed by atoms with Crippen molar-refractivity contribution >= 4 is 0 Å². The minimum atomic E-state index is -0.0709. The van der Waals surface area contributed by atoms with Gasteiger partial charge < -0.3 is 10.0 Å². The molecule has 0 saturated carbocycles. The highest BCUT2D eigenvalue weighted by atomic mass is 16.3. The van der Waals surface area contributed by atoms with E-state index in [9.17, 15) is 5.11 Å². The van der Waals surface area contributed by atoms with E-state index in [-0.39, 0.29) is 6.10 Å². The summed E-state index contributed by atoms with van der Waals surface area (Å²) < 4.78 is 0. The second-order valence-corrected chi connectivity index (χ2v) is 4.28. The molecule has 2 unspecified atom stereocenters. The molecule has 2 atom stereocenters. The van der Waals surface area contributed by atoms with Gasteiger partial charge in [0.2, 0.25) is 0 Å². The second kappa shape index (κ2) is 4.24. The molecule has 1 N–H and O–H groups in total. The Balaban J connectivity index is 2.30. The van der Waals surface area contributed by atoms with Crippen LogP contribution in [-0.2, 0) is 0 Å². The SMILES string of the molecule is C[C](C)CN1CCC(O)C(C)C1. The highest BCUT2D eigenvalue weighted by Gasteiger charge is 2.23. The third-order valence-electron chi connectivity index (χ3n) is 2.48. The lowest BCUT2D eigenvalue weighted by Crippen LogP contribution is -2.43. The van der Waals surface area contributed by atoms with Gasteiger partial charge >= 0.3 is 0 Å². The molecule has 0 aromatic carbocycles. The van der Waals surface area contributed by atoms with E-state index in [4.69, 9.17) is 0 Å². The quantitative estimate of drug-likeness (QED) is 0.675. The molecule has 0 spiro atoms. The number of likely N-dealkylation sites (tertiary alicyclic amines) is 1. The van der Waals surface area contributed by atoms with Gasteiger partial charge in [-0.25, -0.2) is 0 Å².